The summed E-state index contributed by atoms with van der Waals surface area (Å²) in [7, 11) is 0. The highest BCUT2D eigenvalue weighted by atomic mass is 35.5. The molecule has 7 nitrogen and oxygen atoms in total. The second-order valence-electron chi connectivity index (χ2n) is 6.70. The molecule has 150 valence electrons. The molecule has 4 aromatic rings. The first-order chi connectivity index (χ1) is 14.5. The first-order valence-electron chi connectivity index (χ1n) is 9.32. The Labute approximate surface area is 183 Å². The largest absolute Gasteiger partial charge is 0.354 e. The van der Waals surface area contributed by atoms with Crippen LogP contribution in [-0.2, 0) is 6.42 Å². The molecule has 1 aromatic carbocycles. The molecule has 0 bridgehead atoms. The van der Waals surface area contributed by atoms with Crippen molar-refractivity contribution in [3.05, 3.63) is 69.7 Å². The normalized spacial score (nSPS) is 10.9. The third-order valence-electron chi connectivity index (χ3n) is 4.48. The number of rotatable bonds is 6. The van der Waals surface area contributed by atoms with Gasteiger partial charge in [-0.15, -0.1) is 5.10 Å². The zero-order chi connectivity index (χ0) is 21.1. The van der Waals surface area contributed by atoms with Gasteiger partial charge in [-0.2, -0.15) is 9.78 Å². The number of aryl methyl sites for hydroxylation is 2. The first-order valence-corrected chi connectivity index (χ1v) is 10.1. The van der Waals surface area contributed by atoms with Crippen LogP contribution in [0.1, 0.15) is 23.5 Å². The van der Waals surface area contributed by atoms with Crippen molar-refractivity contribution in [2.45, 2.75) is 19.8 Å². The molecule has 0 saturated heterocycles. The van der Waals surface area contributed by atoms with Crippen LogP contribution < -0.4 is 5.32 Å². The van der Waals surface area contributed by atoms with Crippen LogP contribution in [0.25, 0.3) is 16.9 Å². The average Bonchev–Trinajstić information content (AvgIpc) is 3.11. The van der Waals surface area contributed by atoms with E-state index < -0.39 is 0 Å². The molecule has 1 N–H and O–H groups in total. The molecule has 0 unspecified atom stereocenters. The van der Waals surface area contributed by atoms with Crippen LogP contribution in [0.5, 0.6) is 0 Å². The van der Waals surface area contributed by atoms with Gasteiger partial charge in [-0.3, -0.25) is 4.98 Å². The fourth-order valence-electron chi connectivity index (χ4n) is 3.05. The minimum Gasteiger partial charge on any atom is -0.354 e. The second kappa shape index (κ2) is 8.66. The predicted octanol–water partition coefficient (Wildman–Crippen LogP) is 4.72. The first kappa shape index (κ1) is 20.1. The van der Waals surface area contributed by atoms with Crippen LogP contribution in [0, 0.1) is 18.3 Å². The van der Waals surface area contributed by atoms with Crippen molar-refractivity contribution in [2.24, 2.45) is 0 Å². The molecule has 3 heterocycles. The summed E-state index contributed by atoms with van der Waals surface area (Å²) in [4.78, 5) is 13.5. The van der Waals surface area contributed by atoms with Crippen molar-refractivity contribution >= 4 is 34.8 Å². The Balaban J connectivity index is 1.54. The second-order valence-corrected chi connectivity index (χ2v) is 7.54. The molecule has 0 aliphatic rings. The number of anilines is 1. The molecule has 4 rings (SSSR count). The van der Waals surface area contributed by atoms with Gasteiger partial charge in [-0.05, 0) is 50.1 Å². The number of nitrogens with one attached hydrogen (secondary N) is 1. The van der Waals surface area contributed by atoms with Gasteiger partial charge in [-0.25, -0.2) is 9.97 Å². The Morgan fingerprint density at radius 3 is 2.73 bits per heavy atom. The number of hydrogen-bond donors (Lipinski definition) is 1. The molecule has 0 fully saturated rings. The van der Waals surface area contributed by atoms with Gasteiger partial charge in [0, 0.05) is 35.1 Å². The summed E-state index contributed by atoms with van der Waals surface area (Å²) in [5.41, 5.74) is 3.64. The maximum atomic E-state index is 8.86. The molecule has 0 radical (unpaired) electrons. The lowest BCUT2D eigenvalue weighted by Crippen LogP contribution is -2.10. The Hall–Kier alpha value is -3.21. The maximum Gasteiger partial charge on any atom is 0.226 e. The molecular weight excluding hydrogens is 421 g/mol. The smallest absolute Gasteiger partial charge is 0.226 e. The molecule has 0 amide bonds. The number of hydrogen-bond acceptors (Lipinski definition) is 6. The maximum absolute atomic E-state index is 8.86. The fraction of sp³-hybridized carbons (Fsp3) is 0.190. The summed E-state index contributed by atoms with van der Waals surface area (Å²) < 4.78 is 1.68. The Morgan fingerprint density at radius 2 is 2.00 bits per heavy atom. The van der Waals surface area contributed by atoms with Gasteiger partial charge in [-0.1, -0.05) is 23.2 Å². The summed E-state index contributed by atoms with van der Waals surface area (Å²) >= 11 is 12.4. The molecule has 0 aliphatic heterocycles. The van der Waals surface area contributed by atoms with Gasteiger partial charge in [0.15, 0.2) is 5.65 Å². The molecule has 0 spiro atoms. The summed E-state index contributed by atoms with van der Waals surface area (Å²) in [6.07, 6.45) is 3.20. The van der Waals surface area contributed by atoms with E-state index in [1.807, 2.05) is 25.1 Å². The molecule has 0 aliphatic carbocycles. The topological polar surface area (TPSA) is 91.8 Å². The van der Waals surface area contributed by atoms with Crippen LogP contribution in [0.2, 0.25) is 10.0 Å². The van der Waals surface area contributed by atoms with Crippen molar-refractivity contribution in [3.8, 4) is 17.3 Å². The fourth-order valence-corrected chi connectivity index (χ4v) is 3.56. The summed E-state index contributed by atoms with van der Waals surface area (Å²) in [6, 6.07) is 12.9. The molecule has 3 aromatic heterocycles. The van der Waals surface area contributed by atoms with Crippen molar-refractivity contribution < 1.29 is 0 Å². The van der Waals surface area contributed by atoms with Crippen molar-refractivity contribution in [3.63, 3.8) is 0 Å². The van der Waals surface area contributed by atoms with Crippen LogP contribution in [-0.4, -0.2) is 31.1 Å². The Bertz CT molecular complexity index is 1240. The lowest BCUT2D eigenvalue weighted by Gasteiger charge is -2.10. The summed E-state index contributed by atoms with van der Waals surface area (Å²) in [5, 5.41) is 17.7. The number of nitriles is 1. The molecule has 0 atom stereocenters. The number of aromatic nitrogens is 5. The Kier molecular flexibility index (Phi) is 5.79. The van der Waals surface area contributed by atoms with Gasteiger partial charge in [0.1, 0.15) is 11.9 Å². The van der Waals surface area contributed by atoms with E-state index >= 15 is 0 Å². The summed E-state index contributed by atoms with van der Waals surface area (Å²) in [6.45, 7) is 2.50. The third kappa shape index (κ3) is 4.35. The van der Waals surface area contributed by atoms with Crippen molar-refractivity contribution in [1.82, 2.24) is 24.6 Å². The van der Waals surface area contributed by atoms with Crippen LogP contribution in [0.3, 0.4) is 0 Å². The van der Waals surface area contributed by atoms with E-state index in [0.29, 0.717) is 45.3 Å². The molecule has 30 heavy (non-hydrogen) atoms. The van der Waals surface area contributed by atoms with Gasteiger partial charge < -0.3 is 5.32 Å². The highest BCUT2D eigenvalue weighted by Gasteiger charge is 2.13. The lowest BCUT2D eigenvalue weighted by atomic mass is 10.1. The number of halogens is 2. The van der Waals surface area contributed by atoms with E-state index in [9.17, 15) is 0 Å². The minimum atomic E-state index is 0.522. The minimum absolute atomic E-state index is 0.522. The van der Waals surface area contributed by atoms with E-state index in [-0.39, 0.29) is 0 Å². The highest BCUT2D eigenvalue weighted by Crippen LogP contribution is 2.30. The predicted molar refractivity (Wildman–Crippen MR) is 117 cm³/mol. The van der Waals surface area contributed by atoms with Crippen molar-refractivity contribution in [2.75, 3.05) is 11.9 Å². The van der Waals surface area contributed by atoms with E-state index in [4.69, 9.17) is 33.4 Å². The zero-order valence-corrected chi connectivity index (χ0v) is 17.6. The highest BCUT2D eigenvalue weighted by molar-refractivity contribution is 6.36. The number of fused-ring (bicyclic) bond motifs is 1. The quantitative estimate of drug-likeness (QED) is 0.438. The van der Waals surface area contributed by atoms with Gasteiger partial charge >= 0.3 is 0 Å². The molecule has 9 heteroatoms. The monoisotopic (exact) mass is 437 g/mol. The Morgan fingerprint density at radius 1 is 1.13 bits per heavy atom. The third-order valence-corrected chi connectivity index (χ3v) is 5.03. The molecule has 0 saturated carbocycles. The lowest BCUT2D eigenvalue weighted by molar-refractivity contribution is 0.813. The molecular formula is C21H17Cl2N7. The van der Waals surface area contributed by atoms with Crippen molar-refractivity contribution in [1.29, 1.82) is 5.26 Å². The average molecular weight is 438 g/mol. The van der Waals surface area contributed by atoms with E-state index in [1.165, 1.54) is 0 Å². The van der Waals surface area contributed by atoms with Crippen LogP contribution in [0.4, 0.5) is 5.95 Å². The number of pyridine rings is 1. The van der Waals surface area contributed by atoms with Crippen LogP contribution >= 0.6 is 23.2 Å². The summed E-state index contributed by atoms with van der Waals surface area (Å²) in [5.74, 6) is 1.24. The van der Waals surface area contributed by atoms with E-state index in [1.54, 1.807) is 28.9 Å². The van der Waals surface area contributed by atoms with E-state index in [0.717, 1.165) is 24.1 Å². The standard InChI is InChI=1S/C21H17Cl2N7/c1-13-27-20-10-19(17-7-5-15(22)9-18(17)23)28-21(30(20)29-13)25-8-2-3-16-6-4-14(11-24)12-26-16/h4-7,9-10,12H,2-3,8H2,1H3,(H,25,28). The SMILES string of the molecule is Cc1nc2cc(-c3ccc(Cl)cc3Cl)nc(NCCCc3ccc(C#N)cn3)n2n1. The zero-order valence-electron chi connectivity index (χ0n) is 16.1. The van der Waals surface area contributed by atoms with E-state index in [2.05, 4.69) is 26.5 Å². The van der Waals surface area contributed by atoms with Gasteiger partial charge in [0.05, 0.1) is 16.3 Å². The van der Waals surface area contributed by atoms with Gasteiger partial charge in [0.2, 0.25) is 5.95 Å². The van der Waals surface area contributed by atoms with Crippen LogP contribution in [0.15, 0.2) is 42.6 Å². The van der Waals surface area contributed by atoms with Gasteiger partial charge in [0.25, 0.3) is 0 Å². The number of benzene rings is 1. The number of nitrogens with zero attached hydrogens (tertiary/aromatic N) is 6.